The maximum Gasteiger partial charge on any atom is 0.129 e. The van der Waals surface area contributed by atoms with Crippen LogP contribution in [-0.4, -0.2) is 22.4 Å². The monoisotopic (exact) mass is 255 g/mol. The normalized spacial score (nSPS) is 12.4. The second-order valence-electron chi connectivity index (χ2n) is 4.26. The average molecular weight is 256 g/mol. The molecule has 96 valence electrons. The zero-order valence-corrected chi connectivity index (χ0v) is 11.5. The second kappa shape index (κ2) is 8.29. The lowest BCUT2D eigenvalue weighted by atomic mass is 10.0. The first kappa shape index (κ1) is 14.2. The Hall–Kier alpha value is -0.830. The minimum Gasteiger partial charge on any atom is -0.370 e. The van der Waals surface area contributed by atoms with Crippen LogP contribution >= 0.6 is 11.6 Å². The van der Waals surface area contributed by atoms with Gasteiger partial charge in [0.05, 0.1) is 0 Å². The maximum atomic E-state index is 5.81. The Balaban J connectivity index is 2.46. The molecule has 0 aliphatic heterocycles. The van der Waals surface area contributed by atoms with Gasteiger partial charge in [-0.05, 0) is 25.2 Å². The molecule has 1 atom stereocenters. The van der Waals surface area contributed by atoms with Crippen LogP contribution in [0.4, 0.5) is 5.82 Å². The van der Waals surface area contributed by atoms with Crippen LogP contribution in [0, 0.1) is 5.92 Å². The van der Waals surface area contributed by atoms with Crippen LogP contribution < -0.4 is 5.32 Å². The average Bonchev–Trinajstić information content (AvgIpc) is 2.37. The molecule has 3 nitrogen and oxygen atoms in total. The van der Waals surface area contributed by atoms with E-state index in [1.54, 1.807) is 6.33 Å². The van der Waals surface area contributed by atoms with E-state index in [0.29, 0.717) is 5.92 Å². The van der Waals surface area contributed by atoms with Crippen LogP contribution in [0.2, 0.25) is 0 Å². The fraction of sp³-hybridized carbons (Fsp3) is 0.692. The second-order valence-corrected chi connectivity index (χ2v) is 4.64. The zero-order chi connectivity index (χ0) is 12.5. The highest BCUT2D eigenvalue weighted by Gasteiger charge is 2.07. The summed E-state index contributed by atoms with van der Waals surface area (Å²) in [6.45, 7) is 5.25. The standard InChI is InChI=1S/C13H22ClN3/c1-3-5-11(6-7-14)9-15-13-8-12(4-2)16-10-17-13/h8,10-11H,3-7,9H2,1-2H3,(H,15,16,17). The molecule has 1 aromatic heterocycles. The quantitative estimate of drug-likeness (QED) is 0.723. The molecule has 4 heteroatoms. The predicted molar refractivity (Wildman–Crippen MR) is 73.6 cm³/mol. The number of halogens is 1. The van der Waals surface area contributed by atoms with Gasteiger partial charge in [0.2, 0.25) is 0 Å². The van der Waals surface area contributed by atoms with Gasteiger partial charge in [-0.3, -0.25) is 0 Å². The minimum atomic E-state index is 0.637. The third-order valence-electron chi connectivity index (χ3n) is 2.87. The number of nitrogens with one attached hydrogen (secondary N) is 1. The van der Waals surface area contributed by atoms with Gasteiger partial charge in [0.1, 0.15) is 12.1 Å². The number of nitrogens with zero attached hydrogens (tertiary/aromatic N) is 2. The van der Waals surface area contributed by atoms with Gasteiger partial charge in [-0.25, -0.2) is 9.97 Å². The van der Waals surface area contributed by atoms with Gasteiger partial charge < -0.3 is 5.32 Å². The molecule has 0 radical (unpaired) electrons. The van der Waals surface area contributed by atoms with Gasteiger partial charge in [-0.2, -0.15) is 0 Å². The summed E-state index contributed by atoms with van der Waals surface area (Å²) < 4.78 is 0. The maximum absolute atomic E-state index is 5.81. The molecular weight excluding hydrogens is 234 g/mol. The number of aromatic nitrogens is 2. The first-order valence-electron chi connectivity index (χ1n) is 6.40. The van der Waals surface area contributed by atoms with E-state index < -0.39 is 0 Å². The Labute approximate surface area is 109 Å². The summed E-state index contributed by atoms with van der Waals surface area (Å²) in [5.74, 6) is 2.29. The Morgan fingerprint density at radius 3 is 2.76 bits per heavy atom. The summed E-state index contributed by atoms with van der Waals surface area (Å²) in [6, 6.07) is 2.02. The summed E-state index contributed by atoms with van der Waals surface area (Å²) in [5, 5.41) is 3.38. The van der Waals surface area contributed by atoms with Crippen LogP contribution in [0.1, 0.15) is 38.8 Å². The van der Waals surface area contributed by atoms with Gasteiger partial charge in [0.25, 0.3) is 0 Å². The fourth-order valence-corrected chi connectivity index (χ4v) is 2.16. The number of alkyl halides is 1. The molecule has 1 aromatic rings. The summed E-state index contributed by atoms with van der Waals surface area (Å²) in [5.41, 5.74) is 1.08. The summed E-state index contributed by atoms with van der Waals surface area (Å²) in [7, 11) is 0. The van der Waals surface area contributed by atoms with E-state index in [4.69, 9.17) is 11.6 Å². The van der Waals surface area contributed by atoms with E-state index >= 15 is 0 Å². The molecule has 0 saturated carbocycles. The molecule has 0 amide bonds. The lowest BCUT2D eigenvalue weighted by Crippen LogP contribution is -2.15. The highest BCUT2D eigenvalue weighted by Crippen LogP contribution is 2.13. The third-order valence-corrected chi connectivity index (χ3v) is 3.09. The first-order chi connectivity index (χ1) is 8.30. The fourth-order valence-electron chi connectivity index (χ4n) is 1.85. The number of anilines is 1. The molecule has 1 rings (SSSR count). The smallest absolute Gasteiger partial charge is 0.129 e. The minimum absolute atomic E-state index is 0.637. The van der Waals surface area contributed by atoms with Crippen molar-refractivity contribution in [3.05, 3.63) is 18.1 Å². The van der Waals surface area contributed by atoms with Crippen LogP contribution in [0.25, 0.3) is 0 Å². The van der Waals surface area contributed by atoms with Gasteiger partial charge in [-0.1, -0.05) is 20.3 Å². The lowest BCUT2D eigenvalue weighted by Gasteiger charge is -2.16. The summed E-state index contributed by atoms with van der Waals surface area (Å²) in [6.07, 6.45) is 6.04. The molecule has 1 heterocycles. The third kappa shape index (κ3) is 5.35. The van der Waals surface area contributed by atoms with Crippen molar-refractivity contribution in [2.24, 2.45) is 5.92 Å². The highest BCUT2D eigenvalue weighted by molar-refractivity contribution is 6.17. The van der Waals surface area contributed by atoms with Crippen molar-refractivity contribution in [3.63, 3.8) is 0 Å². The van der Waals surface area contributed by atoms with Gasteiger partial charge in [-0.15, -0.1) is 11.6 Å². The predicted octanol–water partition coefficient (Wildman–Crippen LogP) is 3.50. The summed E-state index contributed by atoms with van der Waals surface area (Å²) in [4.78, 5) is 8.41. The van der Waals surface area contributed by atoms with E-state index in [-0.39, 0.29) is 0 Å². The van der Waals surface area contributed by atoms with Crippen molar-refractivity contribution >= 4 is 17.4 Å². The molecule has 1 N–H and O–H groups in total. The Bertz CT molecular complexity index is 311. The highest BCUT2D eigenvalue weighted by atomic mass is 35.5. The molecule has 0 spiro atoms. The molecule has 0 saturated heterocycles. The van der Waals surface area contributed by atoms with Crippen LogP contribution in [-0.2, 0) is 6.42 Å². The van der Waals surface area contributed by atoms with Gasteiger partial charge in [0, 0.05) is 24.2 Å². The van der Waals surface area contributed by atoms with Crippen molar-refractivity contribution < 1.29 is 0 Å². The summed E-state index contributed by atoms with van der Waals surface area (Å²) >= 11 is 5.81. The van der Waals surface area contributed by atoms with E-state index in [1.165, 1.54) is 12.8 Å². The topological polar surface area (TPSA) is 37.8 Å². The van der Waals surface area contributed by atoms with Crippen molar-refractivity contribution in [2.45, 2.75) is 39.5 Å². The number of hydrogen-bond donors (Lipinski definition) is 1. The molecule has 0 aliphatic rings. The van der Waals surface area contributed by atoms with E-state index in [0.717, 1.165) is 36.8 Å². The molecule has 0 fully saturated rings. The van der Waals surface area contributed by atoms with E-state index in [1.807, 2.05) is 6.07 Å². The first-order valence-corrected chi connectivity index (χ1v) is 6.94. The zero-order valence-electron chi connectivity index (χ0n) is 10.7. The van der Waals surface area contributed by atoms with Crippen molar-refractivity contribution in [2.75, 3.05) is 17.7 Å². The van der Waals surface area contributed by atoms with Crippen LogP contribution in [0.5, 0.6) is 0 Å². The van der Waals surface area contributed by atoms with Crippen molar-refractivity contribution in [1.82, 2.24) is 9.97 Å². The van der Waals surface area contributed by atoms with Crippen molar-refractivity contribution in [3.8, 4) is 0 Å². The molecule has 1 unspecified atom stereocenters. The molecule has 0 aliphatic carbocycles. The number of aryl methyl sites for hydroxylation is 1. The number of hydrogen-bond acceptors (Lipinski definition) is 3. The molecule has 0 aromatic carbocycles. The van der Waals surface area contributed by atoms with E-state index in [2.05, 4.69) is 29.1 Å². The van der Waals surface area contributed by atoms with Gasteiger partial charge in [0.15, 0.2) is 0 Å². The molecular formula is C13H22ClN3. The number of rotatable bonds is 8. The Morgan fingerprint density at radius 2 is 2.12 bits per heavy atom. The van der Waals surface area contributed by atoms with Crippen LogP contribution in [0.15, 0.2) is 12.4 Å². The molecule has 17 heavy (non-hydrogen) atoms. The Kier molecular flexibility index (Phi) is 6.94. The van der Waals surface area contributed by atoms with Gasteiger partial charge >= 0.3 is 0 Å². The largest absolute Gasteiger partial charge is 0.370 e. The lowest BCUT2D eigenvalue weighted by molar-refractivity contribution is 0.489. The Morgan fingerprint density at radius 1 is 1.29 bits per heavy atom. The molecule has 0 bridgehead atoms. The van der Waals surface area contributed by atoms with Crippen LogP contribution in [0.3, 0.4) is 0 Å². The van der Waals surface area contributed by atoms with E-state index in [9.17, 15) is 0 Å². The van der Waals surface area contributed by atoms with Crippen molar-refractivity contribution in [1.29, 1.82) is 0 Å². The SMILES string of the molecule is CCCC(CCCl)CNc1cc(CC)ncn1.